The third-order valence-corrected chi connectivity index (χ3v) is 3.07. The third-order valence-electron chi connectivity index (χ3n) is 3.07. The lowest BCUT2D eigenvalue weighted by molar-refractivity contribution is -0.150. The molecule has 0 heterocycles. The average Bonchev–Trinajstić information content (AvgIpc) is 2.66. The SMILES string of the molecule is O=C(OCc1ccccc1)C1CC=CCCC1. The maximum absolute atomic E-state index is 11.9. The molecular formula is C15H18O2. The van der Waals surface area contributed by atoms with Gasteiger partial charge in [-0.1, -0.05) is 42.5 Å². The van der Waals surface area contributed by atoms with Crippen molar-refractivity contribution in [2.45, 2.75) is 32.3 Å². The van der Waals surface area contributed by atoms with E-state index in [1.54, 1.807) is 0 Å². The number of carbonyl (C=O) groups excluding carboxylic acids is 1. The van der Waals surface area contributed by atoms with E-state index in [2.05, 4.69) is 12.2 Å². The molecule has 0 aliphatic heterocycles. The van der Waals surface area contributed by atoms with Crippen LogP contribution in [0.1, 0.15) is 31.2 Å². The van der Waals surface area contributed by atoms with Crippen LogP contribution in [-0.4, -0.2) is 5.97 Å². The number of carbonyl (C=O) groups is 1. The highest BCUT2D eigenvalue weighted by molar-refractivity contribution is 5.72. The van der Waals surface area contributed by atoms with Crippen molar-refractivity contribution in [3.05, 3.63) is 48.0 Å². The third kappa shape index (κ3) is 3.74. The number of hydrogen-bond donors (Lipinski definition) is 0. The van der Waals surface area contributed by atoms with E-state index in [0.717, 1.165) is 31.2 Å². The molecule has 0 saturated carbocycles. The van der Waals surface area contributed by atoms with Gasteiger partial charge in [0.25, 0.3) is 0 Å². The standard InChI is InChI=1S/C15H18O2/c16-15(14-10-6-1-2-7-11-14)17-12-13-8-4-3-5-9-13/h1,3-6,8-9,14H,2,7,10-12H2. The van der Waals surface area contributed by atoms with Crippen LogP contribution in [0.15, 0.2) is 42.5 Å². The van der Waals surface area contributed by atoms with E-state index < -0.39 is 0 Å². The summed E-state index contributed by atoms with van der Waals surface area (Å²) in [7, 11) is 0. The van der Waals surface area contributed by atoms with E-state index in [1.807, 2.05) is 30.3 Å². The van der Waals surface area contributed by atoms with Gasteiger partial charge in [-0.25, -0.2) is 0 Å². The number of hydrogen-bond acceptors (Lipinski definition) is 2. The summed E-state index contributed by atoms with van der Waals surface area (Å²) in [5, 5.41) is 0. The van der Waals surface area contributed by atoms with Crippen LogP contribution in [0.3, 0.4) is 0 Å². The molecule has 0 aromatic heterocycles. The van der Waals surface area contributed by atoms with E-state index in [0.29, 0.717) is 6.61 Å². The fraction of sp³-hybridized carbons (Fsp3) is 0.400. The summed E-state index contributed by atoms with van der Waals surface area (Å²) in [5.74, 6) is -0.00198. The van der Waals surface area contributed by atoms with Crippen LogP contribution in [0.25, 0.3) is 0 Å². The molecule has 1 atom stereocenters. The predicted molar refractivity (Wildman–Crippen MR) is 67.3 cm³/mol. The lowest BCUT2D eigenvalue weighted by atomic mass is 10.0. The molecule has 2 rings (SSSR count). The molecule has 0 N–H and O–H groups in total. The van der Waals surface area contributed by atoms with Gasteiger partial charge < -0.3 is 4.74 Å². The van der Waals surface area contributed by atoms with Gasteiger partial charge in [-0.2, -0.15) is 0 Å². The molecule has 0 amide bonds. The monoisotopic (exact) mass is 230 g/mol. The van der Waals surface area contributed by atoms with Gasteiger partial charge in [0.2, 0.25) is 0 Å². The van der Waals surface area contributed by atoms with Crippen molar-refractivity contribution in [2.75, 3.05) is 0 Å². The Morgan fingerprint density at radius 2 is 2.06 bits per heavy atom. The average molecular weight is 230 g/mol. The molecule has 0 radical (unpaired) electrons. The van der Waals surface area contributed by atoms with Crippen molar-refractivity contribution in [1.82, 2.24) is 0 Å². The van der Waals surface area contributed by atoms with Gasteiger partial charge >= 0.3 is 5.97 Å². The largest absolute Gasteiger partial charge is 0.461 e. The Labute approximate surface area is 102 Å². The Morgan fingerprint density at radius 1 is 1.24 bits per heavy atom. The molecule has 2 nitrogen and oxygen atoms in total. The van der Waals surface area contributed by atoms with Crippen molar-refractivity contribution in [3.8, 4) is 0 Å². The quantitative estimate of drug-likeness (QED) is 0.587. The first kappa shape index (κ1) is 11.9. The highest BCUT2D eigenvalue weighted by Gasteiger charge is 2.19. The van der Waals surface area contributed by atoms with Gasteiger partial charge in [0.15, 0.2) is 0 Å². The molecule has 1 aromatic rings. The van der Waals surface area contributed by atoms with E-state index >= 15 is 0 Å². The van der Waals surface area contributed by atoms with Crippen LogP contribution < -0.4 is 0 Å². The molecule has 1 unspecified atom stereocenters. The van der Waals surface area contributed by atoms with Crippen LogP contribution in [0.5, 0.6) is 0 Å². The number of benzene rings is 1. The number of rotatable bonds is 3. The van der Waals surface area contributed by atoms with Gasteiger partial charge in [0.05, 0.1) is 5.92 Å². The first-order valence-electron chi connectivity index (χ1n) is 6.22. The number of allylic oxidation sites excluding steroid dienone is 2. The maximum Gasteiger partial charge on any atom is 0.309 e. The van der Waals surface area contributed by atoms with Gasteiger partial charge in [-0.05, 0) is 31.2 Å². The lowest BCUT2D eigenvalue weighted by Gasteiger charge is -2.12. The van der Waals surface area contributed by atoms with Crippen LogP contribution in [-0.2, 0) is 16.1 Å². The van der Waals surface area contributed by atoms with E-state index in [-0.39, 0.29) is 11.9 Å². The van der Waals surface area contributed by atoms with Crippen LogP contribution in [0.2, 0.25) is 0 Å². The second-order valence-corrected chi connectivity index (χ2v) is 4.43. The molecular weight excluding hydrogens is 212 g/mol. The Morgan fingerprint density at radius 3 is 2.88 bits per heavy atom. The van der Waals surface area contributed by atoms with Gasteiger partial charge in [-0.15, -0.1) is 0 Å². The van der Waals surface area contributed by atoms with Crippen LogP contribution in [0, 0.1) is 5.92 Å². The minimum absolute atomic E-state index is 0.0532. The molecule has 0 saturated heterocycles. The molecule has 17 heavy (non-hydrogen) atoms. The molecule has 2 heteroatoms. The van der Waals surface area contributed by atoms with Gasteiger partial charge in [-0.3, -0.25) is 4.79 Å². The summed E-state index contributed by atoms with van der Waals surface area (Å²) in [6.45, 7) is 0.389. The lowest BCUT2D eigenvalue weighted by Crippen LogP contribution is -2.16. The summed E-state index contributed by atoms with van der Waals surface area (Å²) in [5.41, 5.74) is 1.05. The molecule has 1 aliphatic rings. The number of ether oxygens (including phenoxy) is 1. The van der Waals surface area contributed by atoms with E-state index in [1.165, 1.54) is 0 Å². The van der Waals surface area contributed by atoms with Crippen molar-refractivity contribution in [2.24, 2.45) is 5.92 Å². The Hall–Kier alpha value is -1.57. The first-order valence-corrected chi connectivity index (χ1v) is 6.22. The fourth-order valence-electron chi connectivity index (χ4n) is 2.04. The first-order chi connectivity index (χ1) is 8.36. The molecule has 1 aromatic carbocycles. The summed E-state index contributed by atoms with van der Waals surface area (Å²) in [4.78, 5) is 11.9. The normalized spacial score (nSPS) is 19.6. The summed E-state index contributed by atoms with van der Waals surface area (Å²) in [6.07, 6.45) is 8.20. The van der Waals surface area contributed by atoms with Crippen molar-refractivity contribution in [3.63, 3.8) is 0 Å². The zero-order chi connectivity index (χ0) is 11.9. The van der Waals surface area contributed by atoms with Crippen molar-refractivity contribution < 1.29 is 9.53 Å². The van der Waals surface area contributed by atoms with Gasteiger partial charge in [0, 0.05) is 0 Å². The van der Waals surface area contributed by atoms with Crippen LogP contribution in [0.4, 0.5) is 0 Å². The van der Waals surface area contributed by atoms with Crippen molar-refractivity contribution >= 4 is 5.97 Å². The minimum atomic E-state index is -0.0552. The highest BCUT2D eigenvalue weighted by Crippen LogP contribution is 2.20. The smallest absolute Gasteiger partial charge is 0.309 e. The van der Waals surface area contributed by atoms with Gasteiger partial charge in [0.1, 0.15) is 6.61 Å². The molecule has 90 valence electrons. The topological polar surface area (TPSA) is 26.3 Å². The van der Waals surface area contributed by atoms with Crippen molar-refractivity contribution in [1.29, 1.82) is 0 Å². The second kappa shape index (κ2) is 6.24. The fourth-order valence-corrected chi connectivity index (χ4v) is 2.04. The maximum atomic E-state index is 11.9. The zero-order valence-electron chi connectivity index (χ0n) is 9.97. The molecule has 0 spiro atoms. The molecule has 0 bridgehead atoms. The minimum Gasteiger partial charge on any atom is -0.461 e. The van der Waals surface area contributed by atoms with E-state index in [4.69, 9.17) is 4.74 Å². The Kier molecular flexibility index (Phi) is 4.37. The second-order valence-electron chi connectivity index (χ2n) is 4.43. The summed E-state index contributed by atoms with van der Waals surface area (Å²) < 4.78 is 5.35. The highest BCUT2D eigenvalue weighted by atomic mass is 16.5. The Balaban J connectivity index is 1.82. The number of esters is 1. The van der Waals surface area contributed by atoms with E-state index in [9.17, 15) is 4.79 Å². The summed E-state index contributed by atoms with van der Waals surface area (Å²) >= 11 is 0. The molecule has 1 aliphatic carbocycles. The summed E-state index contributed by atoms with van der Waals surface area (Å²) in [6, 6.07) is 9.82. The zero-order valence-corrected chi connectivity index (χ0v) is 9.97. The van der Waals surface area contributed by atoms with Crippen LogP contribution >= 0.6 is 0 Å². The molecule has 0 fully saturated rings. The predicted octanol–water partition coefficient (Wildman–Crippen LogP) is 3.48. The Bertz CT molecular complexity index is 381.